The number of hydrogen-bond donors (Lipinski definition) is 2. The minimum absolute atomic E-state index is 0.122. The summed E-state index contributed by atoms with van der Waals surface area (Å²) in [5.41, 5.74) is 1.57. The lowest BCUT2D eigenvalue weighted by Gasteiger charge is -2.38. The Bertz CT molecular complexity index is 1540. The fourth-order valence-electron chi connectivity index (χ4n) is 5.82. The Kier molecular flexibility index (Phi) is 9.50. The largest absolute Gasteiger partial charge is 0.495 e. The van der Waals surface area contributed by atoms with Gasteiger partial charge in [0.1, 0.15) is 33.0 Å². The number of carbonyl (C=O) groups is 2. The second-order valence-electron chi connectivity index (χ2n) is 12.2. The summed E-state index contributed by atoms with van der Waals surface area (Å²) in [6.45, 7) is 5.63. The summed E-state index contributed by atoms with van der Waals surface area (Å²) in [7, 11) is 4.58. The molecule has 240 valence electrons. The highest BCUT2D eigenvalue weighted by Gasteiger charge is 2.37. The zero-order valence-electron chi connectivity index (χ0n) is 26.2. The third-order valence-electron chi connectivity index (χ3n) is 7.96. The Morgan fingerprint density at radius 1 is 1.02 bits per heavy atom. The van der Waals surface area contributed by atoms with Gasteiger partial charge in [-0.05, 0) is 51.5 Å². The number of ether oxygens (including phenoxy) is 3. The van der Waals surface area contributed by atoms with Crippen LogP contribution in [0.5, 0.6) is 11.5 Å². The molecular weight excluding hydrogens is 619 g/mol. The van der Waals surface area contributed by atoms with Gasteiger partial charge in [-0.3, -0.25) is 9.80 Å². The summed E-state index contributed by atoms with van der Waals surface area (Å²) >= 11 is 13.3. The van der Waals surface area contributed by atoms with Crippen molar-refractivity contribution in [3.05, 3.63) is 63.8 Å². The first-order valence-electron chi connectivity index (χ1n) is 14.7. The molecule has 45 heavy (non-hydrogen) atoms. The van der Waals surface area contributed by atoms with E-state index in [0.29, 0.717) is 28.8 Å². The number of urea groups is 1. The van der Waals surface area contributed by atoms with E-state index < -0.39 is 17.7 Å². The smallest absolute Gasteiger partial charge is 0.407 e. The monoisotopic (exact) mass is 656 g/mol. The molecule has 1 aromatic heterocycles. The number of anilines is 3. The first-order valence-corrected chi connectivity index (χ1v) is 15.5. The van der Waals surface area contributed by atoms with Crippen LogP contribution in [0.25, 0.3) is 0 Å². The van der Waals surface area contributed by atoms with Gasteiger partial charge in [0, 0.05) is 30.9 Å². The predicted molar refractivity (Wildman–Crippen MR) is 175 cm³/mol. The van der Waals surface area contributed by atoms with Gasteiger partial charge in [-0.1, -0.05) is 53.5 Å². The van der Waals surface area contributed by atoms with Crippen molar-refractivity contribution in [2.45, 2.75) is 70.2 Å². The van der Waals surface area contributed by atoms with Crippen molar-refractivity contribution in [3.63, 3.8) is 0 Å². The average Bonchev–Trinajstić information content (AvgIpc) is 3.00. The first kappa shape index (κ1) is 32.4. The number of fused-ring (bicyclic) bond motifs is 1. The molecule has 2 heterocycles. The molecular formula is C32H38Cl2N6O5. The number of amides is 3. The van der Waals surface area contributed by atoms with E-state index >= 15 is 0 Å². The van der Waals surface area contributed by atoms with Crippen LogP contribution in [0.2, 0.25) is 10.0 Å². The van der Waals surface area contributed by atoms with Crippen molar-refractivity contribution >= 4 is 52.8 Å². The second-order valence-corrected chi connectivity index (χ2v) is 12.9. The van der Waals surface area contributed by atoms with Crippen LogP contribution in [0.4, 0.5) is 27.0 Å². The van der Waals surface area contributed by atoms with Crippen LogP contribution >= 0.6 is 23.2 Å². The van der Waals surface area contributed by atoms with Gasteiger partial charge in [-0.2, -0.15) is 4.98 Å². The SMILES string of the molecule is COc1cc(OC)c(Cl)c(N2Cc3cnc(N[C@@H]4CC(c5ccccc5)CC[C@@H]4NC(=O)OC(C)(C)C)nc3N(C)C2=O)c1Cl. The minimum atomic E-state index is -0.620. The average molecular weight is 658 g/mol. The molecule has 3 amide bonds. The third kappa shape index (κ3) is 6.99. The van der Waals surface area contributed by atoms with Gasteiger partial charge in [0.15, 0.2) is 0 Å². The normalized spacial score (nSPS) is 19.9. The zero-order valence-corrected chi connectivity index (χ0v) is 27.7. The lowest BCUT2D eigenvalue weighted by molar-refractivity contribution is 0.0486. The molecule has 1 aliphatic heterocycles. The Morgan fingerprint density at radius 3 is 2.31 bits per heavy atom. The van der Waals surface area contributed by atoms with Crippen LogP contribution in [0.3, 0.4) is 0 Å². The highest BCUT2D eigenvalue weighted by molar-refractivity contribution is 6.42. The number of alkyl carbamates (subject to hydrolysis) is 1. The summed E-state index contributed by atoms with van der Waals surface area (Å²) in [5.74, 6) is 1.71. The lowest BCUT2D eigenvalue weighted by Crippen LogP contribution is -2.51. The Hall–Kier alpha value is -3.96. The molecule has 2 aromatic carbocycles. The van der Waals surface area contributed by atoms with E-state index in [9.17, 15) is 9.59 Å². The number of methoxy groups -OCH3 is 2. The van der Waals surface area contributed by atoms with Crippen molar-refractivity contribution in [1.29, 1.82) is 0 Å². The van der Waals surface area contributed by atoms with Gasteiger partial charge < -0.3 is 24.8 Å². The summed E-state index contributed by atoms with van der Waals surface area (Å²) in [4.78, 5) is 38.7. The van der Waals surface area contributed by atoms with Crippen LogP contribution in [-0.4, -0.2) is 61.0 Å². The fourth-order valence-corrected chi connectivity index (χ4v) is 6.52. The number of halogens is 2. The summed E-state index contributed by atoms with van der Waals surface area (Å²) < 4.78 is 16.3. The molecule has 2 aliphatic rings. The van der Waals surface area contributed by atoms with Crippen molar-refractivity contribution in [1.82, 2.24) is 15.3 Å². The summed E-state index contributed by atoms with van der Waals surface area (Å²) in [6, 6.07) is 11.1. The molecule has 0 bridgehead atoms. The van der Waals surface area contributed by atoms with Crippen LogP contribution in [0.15, 0.2) is 42.6 Å². The Labute approximate surface area is 273 Å². The number of nitrogens with zero attached hydrogens (tertiary/aromatic N) is 4. The standard InChI is InChI=1S/C32H38Cl2N6O5/c1-32(2,3)45-30(41)37-21-13-12-19(18-10-8-7-9-11-18)14-22(21)36-29-35-16-20-17-40(31(42)39(4)28(20)38-29)27-25(33)23(43-5)15-24(44-6)26(27)34/h7-11,15-16,19,21-22H,12-14,17H2,1-6H3,(H,37,41)(H,35,36,38)/t19?,21-,22+/m0/s1. The van der Waals surface area contributed by atoms with E-state index in [4.69, 9.17) is 42.4 Å². The predicted octanol–water partition coefficient (Wildman–Crippen LogP) is 7.02. The number of benzene rings is 2. The molecule has 1 unspecified atom stereocenters. The molecule has 1 aliphatic carbocycles. The Balaban J connectivity index is 1.42. The number of nitrogens with one attached hydrogen (secondary N) is 2. The van der Waals surface area contributed by atoms with E-state index in [1.54, 1.807) is 19.3 Å². The molecule has 13 heteroatoms. The van der Waals surface area contributed by atoms with Gasteiger partial charge in [-0.15, -0.1) is 0 Å². The number of hydrogen-bond acceptors (Lipinski definition) is 8. The number of rotatable bonds is 7. The van der Waals surface area contributed by atoms with Gasteiger partial charge in [-0.25, -0.2) is 14.6 Å². The summed E-state index contributed by atoms with van der Waals surface area (Å²) in [6.07, 6.45) is 3.58. The van der Waals surface area contributed by atoms with Crippen LogP contribution in [0, 0.1) is 0 Å². The van der Waals surface area contributed by atoms with Gasteiger partial charge in [0.25, 0.3) is 0 Å². The maximum atomic E-state index is 13.7. The molecule has 0 spiro atoms. The van der Waals surface area contributed by atoms with Gasteiger partial charge in [0.2, 0.25) is 5.95 Å². The molecule has 5 rings (SSSR count). The fraction of sp³-hybridized carbons (Fsp3) is 0.438. The maximum Gasteiger partial charge on any atom is 0.407 e. The minimum Gasteiger partial charge on any atom is -0.495 e. The highest BCUT2D eigenvalue weighted by Crippen LogP contribution is 2.48. The second kappa shape index (κ2) is 13.2. The number of aromatic nitrogens is 2. The number of carbonyl (C=O) groups excluding carboxylic acids is 2. The van der Waals surface area contributed by atoms with Crippen LogP contribution in [0.1, 0.15) is 57.1 Å². The van der Waals surface area contributed by atoms with Gasteiger partial charge in [0.05, 0.1) is 32.5 Å². The quantitative estimate of drug-likeness (QED) is 0.279. The lowest BCUT2D eigenvalue weighted by atomic mass is 9.78. The molecule has 0 radical (unpaired) electrons. The zero-order chi connectivity index (χ0) is 32.5. The van der Waals surface area contributed by atoms with E-state index in [2.05, 4.69) is 27.8 Å². The van der Waals surface area contributed by atoms with Crippen LogP contribution in [-0.2, 0) is 11.3 Å². The van der Waals surface area contributed by atoms with E-state index in [0.717, 1.165) is 19.3 Å². The third-order valence-corrected chi connectivity index (χ3v) is 8.69. The van der Waals surface area contributed by atoms with Crippen molar-refractivity contribution in [3.8, 4) is 11.5 Å². The maximum absolute atomic E-state index is 13.7. The van der Waals surface area contributed by atoms with Gasteiger partial charge >= 0.3 is 12.1 Å². The van der Waals surface area contributed by atoms with Crippen molar-refractivity contribution in [2.75, 3.05) is 36.4 Å². The van der Waals surface area contributed by atoms with E-state index in [1.165, 1.54) is 29.6 Å². The molecule has 2 N–H and O–H groups in total. The molecule has 11 nitrogen and oxygen atoms in total. The molecule has 3 atom stereocenters. The Morgan fingerprint density at radius 2 is 1.69 bits per heavy atom. The first-order chi connectivity index (χ1) is 21.4. The summed E-state index contributed by atoms with van der Waals surface area (Å²) in [5, 5.41) is 6.87. The molecule has 3 aromatic rings. The topological polar surface area (TPSA) is 118 Å². The van der Waals surface area contributed by atoms with E-state index in [1.807, 2.05) is 39.0 Å². The van der Waals surface area contributed by atoms with Crippen LogP contribution < -0.4 is 29.9 Å². The van der Waals surface area contributed by atoms with Crippen molar-refractivity contribution in [2.24, 2.45) is 0 Å². The highest BCUT2D eigenvalue weighted by atomic mass is 35.5. The van der Waals surface area contributed by atoms with E-state index in [-0.39, 0.29) is 40.3 Å². The van der Waals surface area contributed by atoms with Crippen molar-refractivity contribution < 1.29 is 23.8 Å². The molecule has 1 saturated carbocycles. The molecule has 0 saturated heterocycles. The molecule has 1 fully saturated rings.